The number of benzene rings is 1. The minimum Gasteiger partial charge on any atom is -0.478 e. The summed E-state index contributed by atoms with van der Waals surface area (Å²) in [7, 11) is 0. The molecule has 3 rings (SSSR count). The molecule has 3 aromatic rings. The summed E-state index contributed by atoms with van der Waals surface area (Å²) >= 11 is 0. The molecule has 0 spiro atoms. The molecule has 2 heterocycles. The molecule has 0 amide bonds. The maximum Gasteiger partial charge on any atom is 0.337 e. The minimum absolute atomic E-state index is 0.137. The van der Waals surface area contributed by atoms with Crippen LogP contribution < -0.4 is 0 Å². The van der Waals surface area contributed by atoms with Gasteiger partial charge in [0.2, 0.25) is 0 Å². The Bertz CT molecular complexity index is 982. The van der Waals surface area contributed by atoms with Crippen molar-refractivity contribution in [3.8, 4) is 6.07 Å². The maximum atomic E-state index is 11.1. The van der Waals surface area contributed by atoms with Crippen LogP contribution in [0, 0.1) is 18.3 Å². The Morgan fingerprint density at radius 3 is 2.87 bits per heavy atom. The first-order chi connectivity index (χ1) is 11.1. The topological polar surface area (TPSA) is 103 Å². The number of hydrogen-bond donors (Lipinski definition) is 1. The lowest BCUT2D eigenvalue weighted by Crippen LogP contribution is -1.98. The normalized spacial score (nSPS) is 11.0. The number of aromatic carboxylic acids is 1. The molecule has 7 heteroatoms. The quantitative estimate of drug-likeness (QED) is 0.746. The predicted octanol–water partition coefficient (Wildman–Crippen LogP) is 3.63. The zero-order valence-corrected chi connectivity index (χ0v) is 12.1. The SMILES string of the molecule is Cc1nc2ccc(C(=O)O)cn2c1N=Nc1cccc(C#N)c1. The molecule has 0 unspecified atom stereocenters. The fourth-order valence-electron chi connectivity index (χ4n) is 2.14. The largest absolute Gasteiger partial charge is 0.478 e. The Hall–Kier alpha value is -3.53. The summed E-state index contributed by atoms with van der Waals surface area (Å²) in [6.07, 6.45) is 1.46. The summed E-state index contributed by atoms with van der Waals surface area (Å²) in [4.78, 5) is 15.4. The van der Waals surface area contributed by atoms with Crippen LogP contribution in [0.2, 0.25) is 0 Å². The van der Waals surface area contributed by atoms with Crippen molar-refractivity contribution in [1.29, 1.82) is 5.26 Å². The van der Waals surface area contributed by atoms with E-state index < -0.39 is 5.97 Å². The first-order valence-electron chi connectivity index (χ1n) is 6.72. The Kier molecular flexibility index (Phi) is 3.57. The minimum atomic E-state index is -1.03. The lowest BCUT2D eigenvalue weighted by Gasteiger charge is -1.99. The fourth-order valence-corrected chi connectivity index (χ4v) is 2.14. The zero-order chi connectivity index (χ0) is 16.4. The molecule has 0 radical (unpaired) electrons. The smallest absolute Gasteiger partial charge is 0.337 e. The lowest BCUT2D eigenvalue weighted by molar-refractivity contribution is 0.0696. The zero-order valence-electron chi connectivity index (χ0n) is 12.1. The molecular formula is C16H11N5O2. The average molecular weight is 305 g/mol. The molecule has 1 aromatic carbocycles. The fraction of sp³-hybridized carbons (Fsp3) is 0.0625. The van der Waals surface area contributed by atoms with E-state index in [-0.39, 0.29) is 5.56 Å². The number of imidazole rings is 1. The number of nitrogens with zero attached hydrogens (tertiary/aromatic N) is 5. The number of carboxylic acid groups (broad SMARTS) is 1. The third-order valence-corrected chi connectivity index (χ3v) is 3.24. The van der Waals surface area contributed by atoms with Gasteiger partial charge in [0.05, 0.1) is 28.6 Å². The van der Waals surface area contributed by atoms with Crippen LogP contribution in [0.25, 0.3) is 5.65 Å². The summed E-state index contributed by atoms with van der Waals surface area (Å²) in [5.41, 5.74) is 2.38. The van der Waals surface area contributed by atoms with Gasteiger partial charge in [0.25, 0.3) is 0 Å². The molecule has 0 saturated carbocycles. The van der Waals surface area contributed by atoms with Crippen LogP contribution in [0.3, 0.4) is 0 Å². The number of carbonyl (C=O) groups is 1. The van der Waals surface area contributed by atoms with E-state index >= 15 is 0 Å². The highest BCUT2D eigenvalue weighted by Crippen LogP contribution is 2.24. The van der Waals surface area contributed by atoms with Crippen molar-refractivity contribution in [2.75, 3.05) is 0 Å². The van der Waals surface area contributed by atoms with Crippen LogP contribution in [0.5, 0.6) is 0 Å². The molecule has 112 valence electrons. The van der Waals surface area contributed by atoms with Gasteiger partial charge in [0.15, 0.2) is 5.82 Å². The molecule has 0 fully saturated rings. The predicted molar refractivity (Wildman–Crippen MR) is 82.2 cm³/mol. The van der Waals surface area contributed by atoms with Crippen LogP contribution >= 0.6 is 0 Å². The molecule has 0 aliphatic rings. The number of azo groups is 1. The van der Waals surface area contributed by atoms with Gasteiger partial charge in [-0.15, -0.1) is 10.2 Å². The number of fused-ring (bicyclic) bond motifs is 1. The van der Waals surface area contributed by atoms with E-state index in [0.717, 1.165) is 0 Å². The number of aryl methyl sites for hydroxylation is 1. The highest BCUT2D eigenvalue weighted by Gasteiger charge is 2.11. The second-order valence-corrected chi connectivity index (χ2v) is 4.83. The molecule has 0 aliphatic carbocycles. The second kappa shape index (κ2) is 5.69. The van der Waals surface area contributed by atoms with Gasteiger partial charge in [-0.05, 0) is 37.3 Å². The van der Waals surface area contributed by atoms with Crippen LogP contribution in [-0.2, 0) is 0 Å². The Morgan fingerprint density at radius 1 is 1.30 bits per heavy atom. The van der Waals surface area contributed by atoms with Crippen molar-refractivity contribution < 1.29 is 9.90 Å². The molecule has 0 saturated heterocycles. The van der Waals surface area contributed by atoms with E-state index in [2.05, 4.69) is 15.2 Å². The summed E-state index contributed by atoms with van der Waals surface area (Å²) < 4.78 is 1.58. The third kappa shape index (κ3) is 2.78. The first kappa shape index (κ1) is 14.4. The number of rotatable bonds is 3. The standard InChI is InChI=1S/C16H11N5O2/c1-10-15(20-19-13-4-2-3-11(7-13)8-17)21-9-12(16(22)23)5-6-14(21)18-10/h2-7,9H,1H3,(H,22,23). The van der Waals surface area contributed by atoms with Crippen molar-refractivity contribution in [2.45, 2.75) is 6.92 Å². The number of carboxylic acids is 1. The van der Waals surface area contributed by atoms with Gasteiger partial charge in [0.1, 0.15) is 5.65 Å². The van der Waals surface area contributed by atoms with Crippen molar-refractivity contribution in [3.63, 3.8) is 0 Å². The molecule has 1 N–H and O–H groups in total. The third-order valence-electron chi connectivity index (χ3n) is 3.24. The second-order valence-electron chi connectivity index (χ2n) is 4.83. The molecule has 7 nitrogen and oxygen atoms in total. The Balaban J connectivity index is 2.06. The molecular weight excluding hydrogens is 294 g/mol. The highest BCUT2D eigenvalue weighted by molar-refractivity contribution is 5.87. The van der Waals surface area contributed by atoms with Gasteiger partial charge >= 0.3 is 5.97 Å². The Labute approximate surface area is 131 Å². The van der Waals surface area contributed by atoms with Crippen molar-refractivity contribution in [3.05, 3.63) is 59.4 Å². The average Bonchev–Trinajstić information content (AvgIpc) is 2.87. The van der Waals surface area contributed by atoms with Gasteiger partial charge in [-0.3, -0.25) is 4.40 Å². The van der Waals surface area contributed by atoms with E-state index in [4.69, 9.17) is 10.4 Å². The van der Waals surface area contributed by atoms with Crippen LogP contribution in [0.1, 0.15) is 21.6 Å². The Morgan fingerprint density at radius 2 is 2.13 bits per heavy atom. The van der Waals surface area contributed by atoms with E-state index in [1.54, 1.807) is 41.7 Å². The number of hydrogen-bond acceptors (Lipinski definition) is 5. The van der Waals surface area contributed by atoms with Crippen molar-refractivity contribution in [2.24, 2.45) is 10.2 Å². The summed E-state index contributed by atoms with van der Waals surface area (Å²) in [6.45, 7) is 1.77. The number of nitriles is 1. The van der Waals surface area contributed by atoms with E-state index in [9.17, 15) is 4.79 Å². The van der Waals surface area contributed by atoms with Gasteiger partial charge in [-0.2, -0.15) is 5.26 Å². The first-order valence-corrected chi connectivity index (χ1v) is 6.72. The van der Waals surface area contributed by atoms with Gasteiger partial charge < -0.3 is 5.11 Å². The molecule has 0 atom stereocenters. The van der Waals surface area contributed by atoms with Gasteiger partial charge in [-0.25, -0.2) is 9.78 Å². The lowest BCUT2D eigenvalue weighted by atomic mass is 10.2. The van der Waals surface area contributed by atoms with Crippen LogP contribution in [0.15, 0.2) is 52.8 Å². The van der Waals surface area contributed by atoms with Gasteiger partial charge in [-0.1, -0.05) is 6.07 Å². The monoisotopic (exact) mass is 305 g/mol. The van der Waals surface area contributed by atoms with E-state index in [1.165, 1.54) is 12.3 Å². The highest BCUT2D eigenvalue weighted by atomic mass is 16.4. The maximum absolute atomic E-state index is 11.1. The van der Waals surface area contributed by atoms with E-state index in [1.807, 2.05) is 6.07 Å². The van der Waals surface area contributed by atoms with Crippen molar-refractivity contribution in [1.82, 2.24) is 9.38 Å². The van der Waals surface area contributed by atoms with Gasteiger partial charge in [0, 0.05) is 6.20 Å². The summed E-state index contributed by atoms with van der Waals surface area (Å²) in [5, 5.41) is 26.3. The molecule has 0 bridgehead atoms. The van der Waals surface area contributed by atoms with Crippen LogP contribution in [-0.4, -0.2) is 20.5 Å². The van der Waals surface area contributed by atoms with E-state index in [0.29, 0.717) is 28.4 Å². The molecule has 0 aliphatic heterocycles. The summed E-state index contributed by atoms with van der Waals surface area (Å²) in [5.74, 6) is -0.576. The van der Waals surface area contributed by atoms with Crippen molar-refractivity contribution >= 4 is 23.1 Å². The summed E-state index contributed by atoms with van der Waals surface area (Å²) in [6, 6.07) is 11.9. The number of aromatic nitrogens is 2. The molecule has 23 heavy (non-hydrogen) atoms. The van der Waals surface area contributed by atoms with Crippen LogP contribution in [0.4, 0.5) is 11.5 Å². The molecule has 2 aromatic heterocycles. The number of pyridine rings is 1.